The molecule has 0 unspecified atom stereocenters. The van der Waals surface area contributed by atoms with Gasteiger partial charge in [-0.15, -0.1) is 0 Å². The van der Waals surface area contributed by atoms with Crippen LogP contribution in [-0.2, 0) is 20.7 Å². The van der Waals surface area contributed by atoms with E-state index in [2.05, 4.69) is 16.0 Å². The maximum atomic E-state index is 13.2. The Morgan fingerprint density at radius 2 is 1.78 bits per heavy atom. The largest absolute Gasteiger partial charge is 0.497 e. The molecule has 3 aliphatic rings. The number of benzene rings is 2. The van der Waals surface area contributed by atoms with Crippen LogP contribution in [0.3, 0.4) is 0 Å². The summed E-state index contributed by atoms with van der Waals surface area (Å²) in [7, 11) is 6.18. The van der Waals surface area contributed by atoms with Crippen molar-refractivity contribution in [1.82, 2.24) is 9.88 Å². The van der Waals surface area contributed by atoms with Crippen LogP contribution < -0.4 is 14.2 Å². The van der Waals surface area contributed by atoms with Crippen LogP contribution in [0, 0.1) is 17.8 Å². The Morgan fingerprint density at radius 3 is 2.49 bits per heavy atom. The third-order valence-electron chi connectivity index (χ3n) is 9.29. The number of carbonyl (C=O) groups is 2. The third kappa shape index (κ3) is 4.68. The van der Waals surface area contributed by atoms with E-state index in [-0.39, 0.29) is 17.9 Å². The highest BCUT2D eigenvalue weighted by Crippen LogP contribution is 2.50. The van der Waals surface area contributed by atoms with E-state index in [0.29, 0.717) is 29.9 Å². The number of fused-ring (bicyclic) bond motifs is 6. The maximum absolute atomic E-state index is 13.2. The molecular formula is C31H36N2O8. The standard InChI is InChI=1S/C31H36N2O8/c1-37-18-6-7-19-20-9-10-33-15-17-12-26(41-31(36)16-5-8-24(38-2)25(11-16)39-3)29(40-4)27(30(34)35)21(17)14-23(33)28(20)32-22(19)13-18/h5-8,11,13,17,21,23,26-27,29,32H,9-10,12,14-15H2,1-4H3,(H,34,35)/t17-,21+,23-,26-,27+,29+/m1/s1. The Balaban J connectivity index is 1.27. The number of nitrogens with zero attached hydrogens (tertiary/aromatic N) is 1. The van der Waals surface area contributed by atoms with E-state index in [1.165, 1.54) is 32.3 Å². The smallest absolute Gasteiger partial charge is 0.338 e. The number of hydrogen-bond donors (Lipinski definition) is 2. The Bertz CT molecular complexity index is 1470. The average Bonchev–Trinajstić information content (AvgIpc) is 3.37. The predicted molar refractivity (Wildman–Crippen MR) is 150 cm³/mol. The van der Waals surface area contributed by atoms with Gasteiger partial charge in [-0.3, -0.25) is 9.69 Å². The molecule has 6 atom stereocenters. The lowest BCUT2D eigenvalue weighted by molar-refractivity contribution is -0.173. The number of esters is 1. The zero-order chi connectivity index (χ0) is 28.8. The Kier molecular flexibility index (Phi) is 7.29. The van der Waals surface area contributed by atoms with E-state index in [1.54, 1.807) is 25.3 Å². The number of carboxylic acid groups (broad SMARTS) is 1. The third-order valence-corrected chi connectivity index (χ3v) is 9.29. The number of aliphatic carboxylic acids is 1. The summed E-state index contributed by atoms with van der Waals surface area (Å²) in [5, 5.41) is 11.6. The first-order chi connectivity index (χ1) is 19.9. The second-order valence-corrected chi connectivity index (χ2v) is 11.2. The monoisotopic (exact) mass is 564 g/mol. The molecule has 2 fully saturated rings. The van der Waals surface area contributed by atoms with Gasteiger partial charge in [-0.2, -0.15) is 0 Å². The van der Waals surface area contributed by atoms with E-state index in [0.717, 1.165) is 36.5 Å². The molecule has 1 saturated carbocycles. The van der Waals surface area contributed by atoms with Gasteiger partial charge in [0.25, 0.3) is 0 Å². The van der Waals surface area contributed by atoms with E-state index in [4.69, 9.17) is 23.7 Å². The average molecular weight is 565 g/mol. The van der Waals surface area contributed by atoms with E-state index in [9.17, 15) is 14.7 Å². The Labute approximate surface area is 238 Å². The number of nitrogens with one attached hydrogen (secondary N) is 1. The summed E-state index contributed by atoms with van der Waals surface area (Å²) in [5.74, 6) is -0.647. The van der Waals surface area contributed by atoms with Crippen molar-refractivity contribution in [2.75, 3.05) is 41.5 Å². The van der Waals surface area contributed by atoms with Crippen molar-refractivity contribution in [2.24, 2.45) is 17.8 Å². The molecule has 2 N–H and O–H groups in total. The SMILES string of the molecule is COc1ccc2c3c([nH]c2c1)[C@H]1C[C@H]2[C@H](C[C@@H](OC(=O)c4ccc(OC)c(OC)c4)[C@H](OC)[C@H]2C(=O)O)CN1CC3. The molecule has 1 aliphatic carbocycles. The van der Waals surface area contributed by atoms with Gasteiger partial charge in [-0.05, 0) is 67.0 Å². The van der Waals surface area contributed by atoms with Crippen LogP contribution in [-0.4, -0.2) is 80.7 Å². The summed E-state index contributed by atoms with van der Waals surface area (Å²) >= 11 is 0. The normalized spacial score (nSPS) is 27.3. The van der Waals surface area contributed by atoms with Crippen LogP contribution in [0.25, 0.3) is 10.9 Å². The van der Waals surface area contributed by atoms with E-state index >= 15 is 0 Å². The number of aromatic nitrogens is 1. The molecule has 0 amide bonds. The minimum absolute atomic E-state index is 0.0491. The van der Waals surface area contributed by atoms with Crippen LogP contribution in [0.5, 0.6) is 17.2 Å². The summed E-state index contributed by atoms with van der Waals surface area (Å²) in [5.41, 5.74) is 3.80. The summed E-state index contributed by atoms with van der Waals surface area (Å²) in [6, 6.07) is 11.0. The Hall–Kier alpha value is -3.76. The fourth-order valence-corrected chi connectivity index (χ4v) is 7.40. The second kappa shape index (κ2) is 10.9. The Morgan fingerprint density at radius 1 is 0.976 bits per heavy atom. The molecule has 10 heteroatoms. The van der Waals surface area contributed by atoms with Crippen molar-refractivity contribution in [1.29, 1.82) is 0 Å². The molecule has 0 spiro atoms. The first-order valence-corrected chi connectivity index (χ1v) is 14.0. The molecular weight excluding hydrogens is 528 g/mol. The van der Waals surface area contributed by atoms with Gasteiger partial charge in [0.2, 0.25) is 0 Å². The van der Waals surface area contributed by atoms with Crippen molar-refractivity contribution in [3.63, 3.8) is 0 Å². The lowest BCUT2D eigenvalue weighted by atomic mass is 9.64. The quantitative estimate of drug-likeness (QED) is 0.409. The maximum Gasteiger partial charge on any atom is 0.338 e. The van der Waals surface area contributed by atoms with Crippen molar-refractivity contribution >= 4 is 22.8 Å². The van der Waals surface area contributed by atoms with Crippen LogP contribution in [0.2, 0.25) is 0 Å². The fourth-order valence-electron chi connectivity index (χ4n) is 7.40. The van der Waals surface area contributed by atoms with E-state index in [1.807, 2.05) is 12.1 Å². The summed E-state index contributed by atoms with van der Waals surface area (Å²) in [6.07, 6.45) is 0.677. The van der Waals surface area contributed by atoms with Crippen LogP contribution in [0.15, 0.2) is 36.4 Å². The molecule has 1 aromatic heterocycles. The second-order valence-electron chi connectivity index (χ2n) is 11.2. The van der Waals surface area contributed by atoms with Gasteiger partial charge in [0.15, 0.2) is 11.5 Å². The molecule has 1 saturated heterocycles. The van der Waals surface area contributed by atoms with Gasteiger partial charge in [0, 0.05) is 42.9 Å². The van der Waals surface area contributed by atoms with Gasteiger partial charge in [-0.25, -0.2) is 4.79 Å². The number of rotatable bonds is 7. The molecule has 0 bridgehead atoms. The number of aromatic amines is 1. The minimum atomic E-state index is -0.926. The minimum Gasteiger partial charge on any atom is -0.497 e. The molecule has 6 rings (SSSR count). The number of methoxy groups -OCH3 is 4. The lowest BCUT2D eigenvalue weighted by Crippen LogP contribution is -2.58. The highest BCUT2D eigenvalue weighted by atomic mass is 16.6. The number of carboxylic acids is 1. The topological polar surface area (TPSA) is 120 Å². The number of hydrogen-bond acceptors (Lipinski definition) is 8. The molecule has 41 heavy (non-hydrogen) atoms. The van der Waals surface area contributed by atoms with E-state index < -0.39 is 30.1 Å². The molecule has 10 nitrogen and oxygen atoms in total. The van der Waals surface area contributed by atoms with Gasteiger partial charge >= 0.3 is 11.9 Å². The van der Waals surface area contributed by atoms with Crippen molar-refractivity contribution in [3.05, 3.63) is 53.2 Å². The molecule has 0 radical (unpaired) electrons. The van der Waals surface area contributed by atoms with Crippen LogP contribution in [0.1, 0.15) is 40.5 Å². The van der Waals surface area contributed by atoms with Crippen LogP contribution in [0.4, 0.5) is 0 Å². The number of ether oxygens (including phenoxy) is 5. The van der Waals surface area contributed by atoms with Gasteiger partial charge in [0.1, 0.15) is 18.0 Å². The van der Waals surface area contributed by atoms with Crippen molar-refractivity contribution < 1.29 is 38.4 Å². The summed E-state index contributed by atoms with van der Waals surface area (Å²) < 4.78 is 27.8. The fraction of sp³-hybridized carbons (Fsp3) is 0.484. The number of H-pyrrole nitrogens is 1. The van der Waals surface area contributed by atoms with Gasteiger partial charge in [0.05, 0.1) is 38.9 Å². The predicted octanol–water partition coefficient (Wildman–Crippen LogP) is 4.07. The molecule has 3 heterocycles. The van der Waals surface area contributed by atoms with Gasteiger partial charge < -0.3 is 33.8 Å². The number of carbonyl (C=O) groups excluding carboxylic acids is 1. The molecule has 3 aromatic rings. The highest BCUT2D eigenvalue weighted by Gasteiger charge is 2.54. The summed E-state index contributed by atoms with van der Waals surface area (Å²) in [4.78, 5) is 32.1. The highest BCUT2D eigenvalue weighted by molar-refractivity contribution is 5.90. The van der Waals surface area contributed by atoms with Crippen molar-refractivity contribution in [2.45, 2.75) is 37.5 Å². The van der Waals surface area contributed by atoms with Gasteiger partial charge in [-0.1, -0.05) is 0 Å². The van der Waals surface area contributed by atoms with Crippen molar-refractivity contribution in [3.8, 4) is 17.2 Å². The molecule has 2 aromatic carbocycles. The first kappa shape index (κ1) is 27.4. The number of piperidine rings is 1. The lowest BCUT2D eigenvalue weighted by Gasteiger charge is -2.52. The zero-order valence-corrected chi connectivity index (χ0v) is 23.7. The molecule has 2 aliphatic heterocycles. The molecule has 218 valence electrons. The zero-order valence-electron chi connectivity index (χ0n) is 23.7. The first-order valence-electron chi connectivity index (χ1n) is 14.0. The summed E-state index contributed by atoms with van der Waals surface area (Å²) in [6.45, 7) is 1.62. The van der Waals surface area contributed by atoms with Crippen LogP contribution >= 0.6 is 0 Å².